The monoisotopic (exact) mass is 503 g/mol. The minimum Gasteiger partial charge on any atom is -0.493 e. The number of carbonyl (C=O) groups is 3. The Kier molecular flexibility index (Phi) is 9.38. The zero-order valence-corrected chi connectivity index (χ0v) is 20.1. The summed E-state index contributed by atoms with van der Waals surface area (Å²) in [5.41, 5.74) is 3.67. The van der Waals surface area contributed by atoms with E-state index in [0.29, 0.717) is 28.2 Å². The lowest BCUT2D eigenvalue weighted by Gasteiger charge is -2.11. The van der Waals surface area contributed by atoms with Crippen LogP contribution in [0.4, 0.5) is 0 Å². The SMILES string of the molecule is COc1ccc(C=C(NC(=O)c2ccccc2)C(=O)NN=Cc2ccccc2OCC(=O)O)cc1OC. The highest BCUT2D eigenvalue weighted by molar-refractivity contribution is 6.05. The van der Waals surface area contributed by atoms with Crippen LogP contribution in [0, 0.1) is 0 Å². The molecule has 0 saturated carbocycles. The van der Waals surface area contributed by atoms with Gasteiger partial charge in [0.25, 0.3) is 11.8 Å². The van der Waals surface area contributed by atoms with Crippen LogP contribution in [0.25, 0.3) is 6.08 Å². The Balaban J connectivity index is 1.85. The number of nitrogens with one attached hydrogen (secondary N) is 2. The van der Waals surface area contributed by atoms with Gasteiger partial charge in [-0.05, 0) is 48.0 Å². The Hall–Kier alpha value is -5.12. The third-order valence-corrected chi connectivity index (χ3v) is 4.89. The van der Waals surface area contributed by atoms with Crippen molar-refractivity contribution in [1.82, 2.24) is 10.7 Å². The van der Waals surface area contributed by atoms with E-state index in [1.165, 1.54) is 26.5 Å². The molecule has 2 amide bonds. The maximum absolute atomic E-state index is 13.0. The number of amides is 2. The molecule has 190 valence electrons. The molecular formula is C27H25N3O7. The van der Waals surface area contributed by atoms with Gasteiger partial charge in [-0.2, -0.15) is 5.10 Å². The average molecular weight is 504 g/mol. The van der Waals surface area contributed by atoms with E-state index in [-0.39, 0.29) is 11.4 Å². The summed E-state index contributed by atoms with van der Waals surface area (Å²) in [5, 5.41) is 15.4. The summed E-state index contributed by atoms with van der Waals surface area (Å²) in [7, 11) is 3.00. The van der Waals surface area contributed by atoms with E-state index in [0.717, 1.165) is 0 Å². The molecule has 0 atom stereocenters. The number of nitrogens with zero attached hydrogens (tertiary/aromatic N) is 1. The van der Waals surface area contributed by atoms with Crippen LogP contribution in [0.1, 0.15) is 21.5 Å². The number of hydrogen-bond donors (Lipinski definition) is 3. The quantitative estimate of drug-likeness (QED) is 0.208. The van der Waals surface area contributed by atoms with Crippen molar-refractivity contribution < 1.29 is 33.7 Å². The minimum absolute atomic E-state index is 0.0753. The van der Waals surface area contributed by atoms with Crippen LogP contribution in [0.15, 0.2) is 83.6 Å². The van der Waals surface area contributed by atoms with E-state index in [2.05, 4.69) is 15.8 Å². The molecule has 0 aromatic heterocycles. The van der Waals surface area contributed by atoms with Crippen LogP contribution in [0.3, 0.4) is 0 Å². The fraction of sp³-hybridized carbons (Fsp3) is 0.111. The van der Waals surface area contributed by atoms with E-state index in [1.54, 1.807) is 72.8 Å². The second-order valence-electron chi connectivity index (χ2n) is 7.41. The van der Waals surface area contributed by atoms with E-state index in [1.807, 2.05) is 0 Å². The van der Waals surface area contributed by atoms with Crippen molar-refractivity contribution in [3.8, 4) is 17.2 Å². The van der Waals surface area contributed by atoms with Gasteiger partial charge >= 0.3 is 5.97 Å². The maximum atomic E-state index is 13.0. The molecule has 0 fully saturated rings. The predicted octanol–water partition coefficient (Wildman–Crippen LogP) is 3.09. The van der Waals surface area contributed by atoms with Gasteiger partial charge in [0.2, 0.25) is 0 Å². The summed E-state index contributed by atoms with van der Waals surface area (Å²) in [6.45, 7) is -0.527. The second-order valence-corrected chi connectivity index (χ2v) is 7.41. The lowest BCUT2D eigenvalue weighted by molar-refractivity contribution is -0.139. The molecule has 0 heterocycles. The van der Waals surface area contributed by atoms with Crippen molar-refractivity contribution in [2.75, 3.05) is 20.8 Å². The molecule has 0 spiro atoms. The zero-order valence-electron chi connectivity index (χ0n) is 20.1. The van der Waals surface area contributed by atoms with E-state index in [4.69, 9.17) is 19.3 Å². The lowest BCUT2D eigenvalue weighted by atomic mass is 10.1. The molecule has 0 aliphatic rings. The van der Waals surface area contributed by atoms with Gasteiger partial charge in [0.1, 0.15) is 11.4 Å². The molecule has 0 bridgehead atoms. The molecule has 3 N–H and O–H groups in total. The van der Waals surface area contributed by atoms with Gasteiger partial charge in [-0.15, -0.1) is 0 Å². The van der Waals surface area contributed by atoms with Crippen molar-refractivity contribution in [3.63, 3.8) is 0 Å². The number of rotatable bonds is 11. The molecule has 37 heavy (non-hydrogen) atoms. The number of para-hydroxylation sites is 1. The topological polar surface area (TPSA) is 136 Å². The van der Waals surface area contributed by atoms with Crippen LogP contribution >= 0.6 is 0 Å². The first-order valence-corrected chi connectivity index (χ1v) is 11.0. The highest BCUT2D eigenvalue weighted by Crippen LogP contribution is 2.28. The first-order valence-electron chi connectivity index (χ1n) is 11.0. The maximum Gasteiger partial charge on any atom is 0.341 e. The molecule has 0 aliphatic carbocycles. The number of carboxylic acids is 1. The highest BCUT2D eigenvalue weighted by Gasteiger charge is 2.15. The Bertz CT molecular complexity index is 1320. The van der Waals surface area contributed by atoms with Gasteiger partial charge < -0.3 is 24.6 Å². The molecule has 3 aromatic rings. The number of benzene rings is 3. The van der Waals surface area contributed by atoms with Crippen molar-refractivity contribution in [2.45, 2.75) is 0 Å². The molecular weight excluding hydrogens is 478 g/mol. The Morgan fingerprint density at radius 1 is 0.892 bits per heavy atom. The number of methoxy groups -OCH3 is 2. The van der Waals surface area contributed by atoms with E-state index < -0.39 is 24.4 Å². The van der Waals surface area contributed by atoms with Gasteiger partial charge in [-0.3, -0.25) is 9.59 Å². The number of carbonyl (C=O) groups excluding carboxylic acids is 2. The van der Waals surface area contributed by atoms with E-state index >= 15 is 0 Å². The summed E-state index contributed by atoms with van der Waals surface area (Å²) < 4.78 is 15.8. The largest absolute Gasteiger partial charge is 0.493 e. The third kappa shape index (κ3) is 7.69. The molecule has 3 rings (SSSR count). The first kappa shape index (κ1) is 26.5. The Morgan fingerprint density at radius 3 is 2.30 bits per heavy atom. The average Bonchev–Trinajstić information content (AvgIpc) is 2.92. The van der Waals surface area contributed by atoms with Crippen LogP contribution in [-0.4, -0.2) is 49.9 Å². The number of aliphatic carboxylic acids is 1. The van der Waals surface area contributed by atoms with Crippen molar-refractivity contribution in [2.24, 2.45) is 5.10 Å². The molecule has 0 radical (unpaired) electrons. The standard InChI is InChI=1S/C27H25N3O7/c1-35-23-13-12-18(15-24(23)36-2)14-21(29-26(33)19-8-4-3-5-9-19)27(34)30-28-16-20-10-6-7-11-22(20)37-17-25(31)32/h3-16H,17H2,1-2H3,(H,29,33)(H,30,34)(H,31,32). The molecule has 3 aromatic carbocycles. The summed E-state index contributed by atoms with van der Waals surface area (Å²) in [6, 6.07) is 20.1. The van der Waals surface area contributed by atoms with Gasteiger partial charge in [0.05, 0.1) is 20.4 Å². The van der Waals surface area contributed by atoms with Crippen molar-refractivity contribution >= 4 is 30.1 Å². The number of carboxylic acid groups (broad SMARTS) is 1. The molecule has 0 saturated heterocycles. The predicted molar refractivity (Wildman–Crippen MR) is 137 cm³/mol. The summed E-state index contributed by atoms with van der Waals surface area (Å²) in [6.07, 6.45) is 2.78. The van der Waals surface area contributed by atoms with Gasteiger partial charge in [0.15, 0.2) is 18.1 Å². The summed E-state index contributed by atoms with van der Waals surface area (Å²) in [4.78, 5) is 36.6. The second kappa shape index (κ2) is 13.1. The first-order chi connectivity index (χ1) is 17.9. The molecule has 10 heteroatoms. The zero-order chi connectivity index (χ0) is 26.6. The van der Waals surface area contributed by atoms with Crippen LogP contribution in [-0.2, 0) is 9.59 Å². The Morgan fingerprint density at radius 2 is 1.59 bits per heavy atom. The van der Waals surface area contributed by atoms with Gasteiger partial charge in [0, 0.05) is 11.1 Å². The van der Waals surface area contributed by atoms with Crippen LogP contribution < -0.4 is 25.0 Å². The smallest absolute Gasteiger partial charge is 0.341 e. The van der Waals surface area contributed by atoms with Crippen molar-refractivity contribution in [1.29, 1.82) is 0 Å². The minimum atomic E-state index is -1.13. The summed E-state index contributed by atoms with van der Waals surface area (Å²) in [5.74, 6) is -1.08. The van der Waals surface area contributed by atoms with Gasteiger partial charge in [-0.1, -0.05) is 36.4 Å². The lowest BCUT2D eigenvalue weighted by Crippen LogP contribution is -2.32. The van der Waals surface area contributed by atoms with Gasteiger partial charge in [-0.25, -0.2) is 10.2 Å². The number of hydrazone groups is 1. The number of ether oxygens (including phenoxy) is 3. The fourth-order valence-corrected chi connectivity index (χ4v) is 3.13. The highest BCUT2D eigenvalue weighted by atomic mass is 16.5. The third-order valence-electron chi connectivity index (χ3n) is 4.89. The Labute approximate surface area is 213 Å². The fourth-order valence-electron chi connectivity index (χ4n) is 3.13. The normalized spacial score (nSPS) is 11.0. The summed E-state index contributed by atoms with van der Waals surface area (Å²) >= 11 is 0. The van der Waals surface area contributed by atoms with Crippen molar-refractivity contribution in [3.05, 3.63) is 95.2 Å². The van der Waals surface area contributed by atoms with Crippen LogP contribution in [0.2, 0.25) is 0 Å². The molecule has 10 nitrogen and oxygen atoms in total. The van der Waals surface area contributed by atoms with E-state index in [9.17, 15) is 14.4 Å². The number of hydrogen-bond acceptors (Lipinski definition) is 7. The molecule has 0 unspecified atom stereocenters. The van der Waals surface area contributed by atoms with Crippen LogP contribution in [0.5, 0.6) is 17.2 Å². The molecule has 0 aliphatic heterocycles.